The van der Waals surface area contributed by atoms with Crippen LogP contribution in [0.15, 0.2) is 18.3 Å². The first-order valence-corrected chi connectivity index (χ1v) is 7.04. The highest BCUT2D eigenvalue weighted by Gasteiger charge is 2.10. The third kappa shape index (κ3) is 5.32. The summed E-state index contributed by atoms with van der Waals surface area (Å²) >= 11 is 5.85. The average Bonchev–Trinajstić information content (AvgIpc) is 2.46. The summed E-state index contributed by atoms with van der Waals surface area (Å²) < 4.78 is 5.27. The van der Waals surface area contributed by atoms with Gasteiger partial charge in [0.15, 0.2) is 0 Å². The first-order chi connectivity index (χ1) is 9.74. The average molecular weight is 299 g/mol. The van der Waals surface area contributed by atoms with Crippen molar-refractivity contribution < 1.29 is 9.53 Å². The van der Waals surface area contributed by atoms with E-state index in [-0.39, 0.29) is 6.03 Å². The second-order valence-corrected chi connectivity index (χ2v) is 4.97. The molecule has 0 unspecified atom stereocenters. The molecule has 2 N–H and O–H groups in total. The summed E-state index contributed by atoms with van der Waals surface area (Å²) in [5.41, 5.74) is 0.737. The van der Waals surface area contributed by atoms with Gasteiger partial charge in [-0.1, -0.05) is 11.6 Å². The lowest BCUT2D eigenvalue weighted by molar-refractivity contribution is 0.0387. The van der Waals surface area contributed by atoms with Crippen LogP contribution < -0.4 is 10.6 Å². The Kier molecular flexibility index (Phi) is 6.04. The van der Waals surface area contributed by atoms with Gasteiger partial charge in [0.1, 0.15) is 0 Å². The minimum absolute atomic E-state index is 0.194. The lowest BCUT2D eigenvalue weighted by Crippen LogP contribution is -2.43. The molecule has 0 aliphatic carbocycles. The molecular formula is C13H19ClN4O2. The van der Waals surface area contributed by atoms with Crippen LogP contribution in [0, 0.1) is 0 Å². The van der Waals surface area contributed by atoms with E-state index in [1.807, 2.05) is 0 Å². The zero-order valence-electron chi connectivity index (χ0n) is 11.3. The Morgan fingerprint density at radius 3 is 2.95 bits per heavy atom. The second-order valence-electron chi connectivity index (χ2n) is 4.53. The highest BCUT2D eigenvalue weighted by molar-refractivity contribution is 6.30. The van der Waals surface area contributed by atoms with E-state index in [0.717, 1.165) is 38.5 Å². The molecule has 6 nitrogen and oxygen atoms in total. The summed E-state index contributed by atoms with van der Waals surface area (Å²) in [5.74, 6) is 0. The fourth-order valence-corrected chi connectivity index (χ4v) is 2.11. The number of halogens is 1. The van der Waals surface area contributed by atoms with E-state index in [2.05, 4.69) is 20.5 Å². The van der Waals surface area contributed by atoms with Crippen LogP contribution in [0.1, 0.15) is 5.69 Å². The van der Waals surface area contributed by atoms with Gasteiger partial charge in [0.25, 0.3) is 0 Å². The summed E-state index contributed by atoms with van der Waals surface area (Å²) in [6, 6.07) is 3.24. The van der Waals surface area contributed by atoms with Gasteiger partial charge in [-0.25, -0.2) is 4.79 Å². The van der Waals surface area contributed by atoms with Crippen molar-refractivity contribution in [1.29, 1.82) is 0 Å². The van der Waals surface area contributed by atoms with Gasteiger partial charge in [0, 0.05) is 37.4 Å². The third-order valence-corrected chi connectivity index (χ3v) is 3.26. The molecule has 2 heterocycles. The van der Waals surface area contributed by atoms with Gasteiger partial charge in [0.2, 0.25) is 0 Å². The van der Waals surface area contributed by atoms with Crippen LogP contribution in [0.5, 0.6) is 0 Å². The number of urea groups is 1. The van der Waals surface area contributed by atoms with Crippen molar-refractivity contribution >= 4 is 17.6 Å². The Morgan fingerprint density at radius 2 is 2.20 bits per heavy atom. The smallest absolute Gasteiger partial charge is 0.315 e. The Balaban J connectivity index is 1.60. The number of hydrogen-bond donors (Lipinski definition) is 2. The number of pyridine rings is 1. The molecule has 110 valence electrons. The number of carbonyl (C=O) groups is 1. The molecule has 1 aromatic heterocycles. The Bertz CT molecular complexity index is 438. The number of nitrogens with one attached hydrogen (secondary N) is 2. The molecule has 7 heteroatoms. The van der Waals surface area contributed by atoms with Gasteiger partial charge in [0.05, 0.1) is 25.5 Å². The number of morpholine rings is 1. The molecule has 1 saturated heterocycles. The topological polar surface area (TPSA) is 66.5 Å². The maximum atomic E-state index is 11.6. The Hall–Kier alpha value is -1.37. The molecule has 2 rings (SSSR count). The predicted octanol–water partition coefficient (Wildman–Crippen LogP) is 0.866. The lowest BCUT2D eigenvalue weighted by Gasteiger charge is -2.26. The number of ether oxygens (including phenoxy) is 1. The molecular weight excluding hydrogens is 280 g/mol. The van der Waals surface area contributed by atoms with Crippen LogP contribution in [-0.4, -0.2) is 55.3 Å². The van der Waals surface area contributed by atoms with Gasteiger partial charge in [-0.15, -0.1) is 0 Å². The van der Waals surface area contributed by atoms with Crippen LogP contribution in [-0.2, 0) is 11.3 Å². The molecule has 1 aliphatic rings. The molecule has 20 heavy (non-hydrogen) atoms. The van der Waals surface area contributed by atoms with Crippen molar-refractivity contribution in [2.75, 3.05) is 39.4 Å². The monoisotopic (exact) mass is 298 g/mol. The van der Waals surface area contributed by atoms with Crippen LogP contribution in [0.25, 0.3) is 0 Å². The van der Waals surface area contributed by atoms with Gasteiger partial charge in [-0.2, -0.15) is 0 Å². The molecule has 0 aromatic carbocycles. The van der Waals surface area contributed by atoms with E-state index in [0.29, 0.717) is 18.1 Å². The molecule has 0 atom stereocenters. The van der Waals surface area contributed by atoms with Gasteiger partial charge < -0.3 is 15.4 Å². The second kappa shape index (κ2) is 8.04. The summed E-state index contributed by atoms with van der Waals surface area (Å²) in [4.78, 5) is 18.0. The van der Waals surface area contributed by atoms with Crippen LogP contribution >= 0.6 is 11.6 Å². The zero-order valence-corrected chi connectivity index (χ0v) is 12.0. The number of rotatable bonds is 5. The number of nitrogens with zero attached hydrogens (tertiary/aromatic N) is 2. The molecule has 0 saturated carbocycles. The Morgan fingerprint density at radius 1 is 1.40 bits per heavy atom. The summed E-state index contributed by atoms with van der Waals surface area (Å²) in [6.45, 7) is 5.22. The number of hydrogen-bond acceptors (Lipinski definition) is 4. The minimum atomic E-state index is -0.194. The molecule has 1 aromatic rings. The normalized spacial score (nSPS) is 15.8. The fourth-order valence-electron chi connectivity index (χ4n) is 1.93. The van der Waals surface area contributed by atoms with Crippen LogP contribution in [0.4, 0.5) is 4.79 Å². The first kappa shape index (κ1) is 15.0. The zero-order chi connectivity index (χ0) is 14.2. The molecule has 0 radical (unpaired) electrons. The number of aromatic nitrogens is 1. The van der Waals surface area contributed by atoms with Crippen LogP contribution in [0.2, 0.25) is 5.02 Å². The fraction of sp³-hybridized carbons (Fsp3) is 0.538. The first-order valence-electron chi connectivity index (χ1n) is 6.66. The highest BCUT2D eigenvalue weighted by Crippen LogP contribution is 2.07. The molecule has 1 fully saturated rings. The maximum Gasteiger partial charge on any atom is 0.315 e. The summed E-state index contributed by atoms with van der Waals surface area (Å²) in [5, 5.41) is 6.19. The van der Waals surface area contributed by atoms with Crippen molar-refractivity contribution in [3.8, 4) is 0 Å². The third-order valence-electron chi connectivity index (χ3n) is 3.03. The summed E-state index contributed by atoms with van der Waals surface area (Å²) in [7, 11) is 0. The predicted molar refractivity (Wildman–Crippen MR) is 76.7 cm³/mol. The maximum absolute atomic E-state index is 11.6. The number of amides is 2. The minimum Gasteiger partial charge on any atom is -0.379 e. The molecule has 0 bridgehead atoms. The molecule has 2 amide bonds. The highest BCUT2D eigenvalue weighted by atomic mass is 35.5. The number of carbonyl (C=O) groups excluding carboxylic acids is 1. The van der Waals surface area contributed by atoms with E-state index in [4.69, 9.17) is 16.3 Å². The molecule has 1 aliphatic heterocycles. The Labute approximate surface area is 123 Å². The molecule has 0 spiro atoms. The lowest BCUT2D eigenvalue weighted by atomic mass is 10.3. The van der Waals surface area contributed by atoms with Crippen molar-refractivity contribution in [3.63, 3.8) is 0 Å². The standard InChI is InChI=1S/C13H19ClN4O2/c14-11-1-2-15-12(9-11)10-17-13(19)16-3-4-18-5-7-20-8-6-18/h1-2,9H,3-8,10H2,(H2,16,17,19). The van der Waals surface area contributed by atoms with E-state index < -0.39 is 0 Å². The van der Waals surface area contributed by atoms with Crippen LogP contribution in [0.3, 0.4) is 0 Å². The van der Waals surface area contributed by atoms with E-state index >= 15 is 0 Å². The SMILES string of the molecule is O=C(NCCN1CCOCC1)NCc1cc(Cl)ccn1. The van der Waals surface area contributed by atoms with E-state index in [9.17, 15) is 4.79 Å². The van der Waals surface area contributed by atoms with Gasteiger partial charge >= 0.3 is 6.03 Å². The van der Waals surface area contributed by atoms with Gasteiger partial charge in [-0.3, -0.25) is 9.88 Å². The van der Waals surface area contributed by atoms with E-state index in [1.165, 1.54) is 0 Å². The van der Waals surface area contributed by atoms with E-state index in [1.54, 1.807) is 18.3 Å². The van der Waals surface area contributed by atoms with Gasteiger partial charge in [-0.05, 0) is 12.1 Å². The summed E-state index contributed by atoms with van der Waals surface area (Å²) in [6.07, 6.45) is 1.62. The van der Waals surface area contributed by atoms with Crippen molar-refractivity contribution in [1.82, 2.24) is 20.5 Å². The van der Waals surface area contributed by atoms with Crippen molar-refractivity contribution in [3.05, 3.63) is 29.0 Å². The van der Waals surface area contributed by atoms with Crippen molar-refractivity contribution in [2.45, 2.75) is 6.54 Å². The van der Waals surface area contributed by atoms with Crippen molar-refractivity contribution in [2.24, 2.45) is 0 Å². The quantitative estimate of drug-likeness (QED) is 0.846. The largest absolute Gasteiger partial charge is 0.379 e.